The van der Waals surface area contributed by atoms with Gasteiger partial charge in [0.15, 0.2) is 11.6 Å². The fourth-order valence-electron chi connectivity index (χ4n) is 4.22. The van der Waals surface area contributed by atoms with Gasteiger partial charge in [-0.25, -0.2) is 4.98 Å². The average Bonchev–Trinajstić information content (AvgIpc) is 3.10. The van der Waals surface area contributed by atoms with Crippen molar-refractivity contribution in [2.24, 2.45) is 24.4 Å². The fourth-order valence-corrected chi connectivity index (χ4v) is 4.22. The molecule has 1 aromatic heterocycles. The van der Waals surface area contributed by atoms with Gasteiger partial charge in [-0.3, -0.25) is 24.0 Å². The number of rotatable bonds is 7. The molecule has 0 aliphatic carbocycles. The lowest BCUT2D eigenvalue weighted by molar-refractivity contribution is -0.144. The van der Waals surface area contributed by atoms with Gasteiger partial charge in [0.2, 0.25) is 5.91 Å². The molecule has 2 amide bonds. The fraction of sp³-hybridized carbons (Fsp3) is 0.632. The van der Waals surface area contributed by atoms with Crippen LogP contribution in [-0.4, -0.2) is 79.2 Å². The van der Waals surface area contributed by atoms with E-state index in [4.69, 9.17) is 11.5 Å². The number of carbonyl (C=O) groups is 3. The monoisotopic (exact) mass is 419 g/mol. The molecule has 1 aromatic rings. The van der Waals surface area contributed by atoms with Crippen molar-refractivity contribution in [2.75, 3.05) is 19.6 Å². The van der Waals surface area contributed by atoms with E-state index in [9.17, 15) is 19.5 Å². The number of aliphatic hydroxyl groups excluding tert-OH is 1. The Morgan fingerprint density at radius 1 is 1.33 bits per heavy atom. The molecule has 0 saturated carbocycles. The summed E-state index contributed by atoms with van der Waals surface area (Å²) in [5.74, 6) is -1.83. The van der Waals surface area contributed by atoms with E-state index < -0.39 is 35.8 Å². The number of likely N-dealkylation sites (N-methyl/N-ethyl adjacent to an activating group) is 1. The topological polar surface area (TPSA) is 161 Å². The van der Waals surface area contributed by atoms with Gasteiger partial charge in [-0.1, -0.05) is 6.42 Å². The predicted molar refractivity (Wildman–Crippen MR) is 106 cm³/mol. The van der Waals surface area contributed by atoms with Gasteiger partial charge in [-0.15, -0.1) is 0 Å². The van der Waals surface area contributed by atoms with E-state index in [0.29, 0.717) is 18.8 Å². The van der Waals surface area contributed by atoms with Crippen LogP contribution in [-0.2, 0) is 27.9 Å². The number of nitrogens with zero attached hydrogens (tertiary/aromatic N) is 5. The zero-order valence-electron chi connectivity index (χ0n) is 17.3. The number of hydrogen-bond acceptors (Lipinski definition) is 8. The van der Waals surface area contributed by atoms with E-state index >= 15 is 0 Å². The van der Waals surface area contributed by atoms with Crippen molar-refractivity contribution in [3.05, 3.63) is 23.4 Å². The first-order chi connectivity index (χ1) is 14.2. The second kappa shape index (κ2) is 8.92. The summed E-state index contributed by atoms with van der Waals surface area (Å²) >= 11 is 0. The largest absolute Gasteiger partial charge is 0.401 e. The van der Waals surface area contributed by atoms with Crippen LogP contribution < -0.4 is 11.5 Å². The van der Waals surface area contributed by atoms with E-state index in [0.717, 1.165) is 12.8 Å². The summed E-state index contributed by atoms with van der Waals surface area (Å²) in [6, 6.07) is -0.537. The number of piperidine rings is 1. The van der Waals surface area contributed by atoms with Gasteiger partial charge in [0.05, 0.1) is 18.5 Å². The second-order valence-corrected chi connectivity index (χ2v) is 7.79. The molecule has 3 rings (SSSR count). The molecule has 0 spiro atoms. The minimum atomic E-state index is -1.18. The molecule has 2 unspecified atom stereocenters. The van der Waals surface area contributed by atoms with Crippen LogP contribution in [0.3, 0.4) is 0 Å². The van der Waals surface area contributed by atoms with E-state index in [1.54, 1.807) is 18.9 Å². The van der Waals surface area contributed by atoms with Crippen LogP contribution >= 0.6 is 0 Å². The molecule has 2 aliphatic rings. The number of likely N-dealkylation sites (tertiary alicyclic amines) is 1. The maximum absolute atomic E-state index is 13.1. The SMILES string of the molecule is CCN1C(=O)C(C(=O)CN2CCCC[C@@H]2C(N)=O)=C(N)C(Cc2ncn(C)n2)C1O. The van der Waals surface area contributed by atoms with Crippen molar-refractivity contribution >= 4 is 17.6 Å². The zero-order valence-corrected chi connectivity index (χ0v) is 17.3. The van der Waals surface area contributed by atoms with E-state index in [1.807, 2.05) is 0 Å². The summed E-state index contributed by atoms with van der Waals surface area (Å²) < 4.78 is 1.53. The maximum Gasteiger partial charge on any atom is 0.261 e. The van der Waals surface area contributed by atoms with E-state index in [-0.39, 0.29) is 30.8 Å². The number of aromatic nitrogens is 3. The molecule has 1 saturated heterocycles. The highest BCUT2D eigenvalue weighted by atomic mass is 16.3. The van der Waals surface area contributed by atoms with Gasteiger partial charge >= 0.3 is 0 Å². The number of nitrogens with two attached hydrogens (primary N) is 2. The Balaban J connectivity index is 1.89. The number of Topliss-reactive ketones (excluding diaryl/α,β-unsaturated/α-hetero) is 1. The van der Waals surface area contributed by atoms with Crippen molar-refractivity contribution in [1.82, 2.24) is 24.6 Å². The third-order valence-corrected chi connectivity index (χ3v) is 5.80. The van der Waals surface area contributed by atoms with Crippen molar-refractivity contribution in [3.63, 3.8) is 0 Å². The molecule has 0 radical (unpaired) electrons. The Hall–Kier alpha value is -2.79. The summed E-state index contributed by atoms with van der Waals surface area (Å²) in [4.78, 5) is 44.9. The zero-order chi connectivity index (χ0) is 22.0. The summed E-state index contributed by atoms with van der Waals surface area (Å²) in [5.41, 5.74) is 11.6. The number of amides is 2. The van der Waals surface area contributed by atoms with Crippen molar-refractivity contribution in [2.45, 2.75) is 44.9 Å². The molecule has 0 aromatic carbocycles. The smallest absolute Gasteiger partial charge is 0.261 e. The van der Waals surface area contributed by atoms with E-state index in [1.165, 1.54) is 15.9 Å². The van der Waals surface area contributed by atoms with Gasteiger partial charge in [-0.2, -0.15) is 5.10 Å². The van der Waals surface area contributed by atoms with Crippen LogP contribution in [0.2, 0.25) is 0 Å². The molecular formula is C19H29N7O4. The highest BCUT2D eigenvalue weighted by molar-refractivity contribution is 6.21. The molecule has 1 fully saturated rings. The molecule has 11 heteroatoms. The Morgan fingerprint density at radius 3 is 2.67 bits per heavy atom. The molecule has 3 heterocycles. The Labute approximate surface area is 174 Å². The van der Waals surface area contributed by atoms with E-state index in [2.05, 4.69) is 10.1 Å². The van der Waals surface area contributed by atoms with Crippen molar-refractivity contribution in [3.8, 4) is 0 Å². The summed E-state index contributed by atoms with van der Waals surface area (Å²) in [6.45, 7) is 2.35. The van der Waals surface area contributed by atoms with Crippen molar-refractivity contribution < 1.29 is 19.5 Å². The minimum Gasteiger partial charge on any atom is -0.401 e. The first-order valence-corrected chi connectivity index (χ1v) is 10.1. The molecule has 30 heavy (non-hydrogen) atoms. The third kappa shape index (κ3) is 4.21. The molecular weight excluding hydrogens is 390 g/mol. The first kappa shape index (κ1) is 21.9. The predicted octanol–water partition coefficient (Wildman–Crippen LogP) is -1.72. The summed E-state index contributed by atoms with van der Waals surface area (Å²) in [5, 5.41) is 14.9. The molecule has 164 valence electrons. The van der Waals surface area contributed by atoms with Crippen LogP contribution in [0.25, 0.3) is 0 Å². The first-order valence-electron chi connectivity index (χ1n) is 10.1. The molecule has 11 nitrogen and oxygen atoms in total. The minimum absolute atomic E-state index is 0.0299. The normalized spacial score (nSPS) is 25.6. The molecule has 0 bridgehead atoms. The summed E-state index contributed by atoms with van der Waals surface area (Å²) in [7, 11) is 1.72. The third-order valence-electron chi connectivity index (χ3n) is 5.80. The number of hydrogen-bond donors (Lipinski definition) is 3. The van der Waals surface area contributed by atoms with Gasteiger partial charge in [0.1, 0.15) is 18.1 Å². The Kier molecular flexibility index (Phi) is 6.52. The van der Waals surface area contributed by atoms with Crippen LogP contribution in [0.15, 0.2) is 17.6 Å². The number of aliphatic hydroxyl groups is 1. The lowest BCUT2D eigenvalue weighted by Gasteiger charge is -2.39. The number of primary amides is 1. The number of carbonyl (C=O) groups excluding carboxylic acids is 3. The van der Waals surface area contributed by atoms with Gasteiger partial charge in [0, 0.05) is 25.7 Å². The highest BCUT2D eigenvalue weighted by Gasteiger charge is 2.42. The van der Waals surface area contributed by atoms with Crippen molar-refractivity contribution in [1.29, 1.82) is 0 Å². The van der Waals surface area contributed by atoms with Crippen LogP contribution in [0.4, 0.5) is 0 Å². The standard InChI is InChI=1S/C19H29N7O4/c1-3-26-18(29)11(8-14-22-10-24(2)23-14)16(20)15(19(26)30)13(27)9-25-7-5-4-6-12(25)17(21)28/h10-12,18,29H,3-9,20H2,1-2H3,(H2,21,28)/t11?,12-,18?/m1/s1. The summed E-state index contributed by atoms with van der Waals surface area (Å²) in [6.07, 6.45) is 2.81. The lowest BCUT2D eigenvalue weighted by Crippen LogP contribution is -2.55. The van der Waals surface area contributed by atoms with Crippen LogP contribution in [0, 0.1) is 5.92 Å². The van der Waals surface area contributed by atoms with Gasteiger partial charge in [-0.05, 0) is 26.3 Å². The molecule has 2 aliphatic heterocycles. The van der Waals surface area contributed by atoms with Gasteiger partial charge < -0.3 is 21.5 Å². The number of ketones is 1. The Morgan fingerprint density at radius 2 is 2.07 bits per heavy atom. The second-order valence-electron chi connectivity index (χ2n) is 7.79. The van der Waals surface area contributed by atoms with Gasteiger partial charge in [0.25, 0.3) is 5.91 Å². The molecule has 5 N–H and O–H groups in total. The Bertz CT molecular complexity index is 865. The maximum atomic E-state index is 13.1. The average molecular weight is 419 g/mol. The quantitative estimate of drug-likeness (QED) is 0.440. The van der Waals surface area contributed by atoms with Crippen LogP contribution in [0.1, 0.15) is 32.0 Å². The molecule has 3 atom stereocenters. The highest BCUT2D eigenvalue weighted by Crippen LogP contribution is 2.29. The van der Waals surface area contributed by atoms with Crippen LogP contribution in [0.5, 0.6) is 0 Å². The lowest BCUT2D eigenvalue weighted by atomic mass is 9.88. The number of aryl methyl sites for hydroxylation is 1.